The Kier molecular flexibility index (Phi) is 5.58. The van der Waals surface area contributed by atoms with Crippen LogP contribution in [0.5, 0.6) is 0 Å². The van der Waals surface area contributed by atoms with Crippen molar-refractivity contribution in [3.05, 3.63) is 23.9 Å². The highest BCUT2D eigenvalue weighted by molar-refractivity contribution is 5.94. The predicted octanol–water partition coefficient (Wildman–Crippen LogP) is 1.04. The van der Waals surface area contributed by atoms with Gasteiger partial charge in [0.25, 0.3) is 5.91 Å². The van der Waals surface area contributed by atoms with Gasteiger partial charge in [0.1, 0.15) is 5.82 Å². The van der Waals surface area contributed by atoms with E-state index in [-0.39, 0.29) is 18.6 Å². The normalized spacial score (nSPS) is 12.0. The van der Waals surface area contributed by atoms with Crippen LogP contribution < -0.4 is 10.2 Å². The van der Waals surface area contributed by atoms with Crippen LogP contribution >= 0.6 is 0 Å². The van der Waals surface area contributed by atoms with Crippen LogP contribution in [0.2, 0.25) is 0 Å². The van der Waals surface area contributed by atoms with Crippen molar-refractivity contribution in [3.8, 4) is 0 Å². The zero-order valence-corrected chi connectivity index (χ0v) is 11.2. The van der Waals surface area contributed by atoms with Gasteiger partial charge >= 0.3 is 0 Å². The van der Waals surface area contributed by atoms with Crippen LogP contribution in [0.25, 0.3) is 0 Å². The van der Waals surface area contributed by atoms with Gasteiger partial charge in [-0.15, -0.1) is 0 Å². The molecule has 0 aromatic carbocycles. The summed E-state index contributed by atoms with van der Waals surface area (Å²) in [5.74, 6) is 0.650. The summed E-state index contributed by atoms with van der Waals surface area (Å²) in [5, 5.41) is 11.6. The maximum atomic E-state index is 12.0. The molecule has 1 aromatic rings. The molecule has 1 aromatic heterocycles. The summed E-state index contributed by atoms with van der Waals surface area (Å²) in [6, 6.07) is 3.51. The van der Waals surface area contributed by atoms with Crippen molar-refractivity contribution >= 4 is 11.7 Å². The number of nitrogens with zero attached hydrogens (tertiary/aromatic N) is 2. The summed E-state index contributed by atoms with van der Waals surface area (Å²) in [7, 11) is 3.77. The molecule has 0 saturated carbocycles. The molecule has 1 heterocycles. The molecule has 0 aliphatic heterocycles. The number of anilines is 1. The molecule has 0 aliphatic carbocycles. The molecular formula is C13H21N3O2. The highest BCUT2D eigenvalue weighted by atomic mass is 16.3. The van der Waals surface area contributed by atoms with Crippen LogP contribution in [0.4, 0.5) is 5.82 Å². The molecule has 0 fully saturated rings. The number of aliphatic hydroxyl groups excluding tert-OH is 1. The Hall–Kier alpha value is -1.62. The number of aromatic nitrogens is 1. The standard InChI is InChI=1S/C13H21N3O2/c1-10(5-4-8-17)15-13(18)11-6-7-14-12(9-11)16(2)3/h6-7,9-10,17H,4-5,8H2,1-3H3,(H,15,18). The maximum absolute atomic E-state index is 12.0. The zero-order valence-electron chi connectivity index (χ0n) is 11.2. The van der Waals surface area contributed by atoms with Crippen molar-refractivity contribution in [1.82, 2.24) is 10.3 Å². The van der Waals surface area contributed by atoms with E-state index in [0.29, 0.717) is 12.0 Å². The smallest absolute Gasteiger partial charge is 0.251 e. The van der Waals surface area contributed by atoms with E-state index in [1.54, 1.807) is 18.3 Å². The summed E-state index contributed by atoms with van der Waals surface area (Å²) in [6.45, 7) is 2.09. The van der Waals surface area contributed by atoms with Crippen molar-refractivity contribution in [2.45, 2.75) is 25.8 Å². The van der Waals surface area contributed by atoms with E-state index in [1.807, 2.05) is 25.9 Å². The SMILES string of the molecule is CC(CCCO)NC(=O)c1ccnc(N(C)C)c1. The summed E-state index contributed by atoms with van der Waals surface area (Å²) in [4.78, 5) is 18.0. The minimum atomic E-state index is -0.106. The highest BCUT2D eigenvalue weighted by Gasteiger charge is 2.10. The molecule has 1 unspecified atom stereocenters. The first kappa shape index (κ1) is 14.4. The van der Waals surface area contributed by atoms with Crippen LogP contribution in [0, 0.1) is 0 Å². The fraction of sp³-hybridized carbons (Fsp3) is 0.538. The average molecular weight is 251 g/mol. The van der Waals surface area contributed by atoms with Gasteiger partial charge in [-0.3, -0.25) is 4.79 Å². The molecule has 18 heavy (non-hydrogen) atoms. The number of carbonyl (C=O) groups is 1. The molecule has 0 saturated heterocycles. The highest BCUT2D eigenvalue weighted by Crippen LogP contribution is 2.10. The molecular weight excluding hydrogens is 230 g/mol. The predicted molar refractivity (Wildman–Crippen MR) is 71.8 cm³/mol. The lowest BCUT2D eigenvalue weighted by molar-refractivity contribution is 0.0936. The fourth-order valence-corrected chi connectivity index (χ4v) is 1.58. The Morgan fingerprint density at radius 1 is 1.56 bits per heavy atom. The third kappa shape index (κ3) is 4.33. The lowest BCUT2D eigenvalue weighted by Gasteiger charge is -2.15. The van der Waals surface area contributed by atoms with E-state index in [2.05, 4.69) is 10.3 Å². The first-order chi connectivity index (χ1) is 8.54. The molecule has 1 rings (SSSR count). The van der Waals surface area contributed by atoms with Crippen LogP contribution in [0.15, 0.2) is 18.3 Å². The van der Waals surface area contributed by atoms with Gasteiger partial charge < -0.3 is 15.3 Å². The molecule has 1 atom stereocenters. The quantitative estimate of drug-likeness (QED) is 0.793. The van der Waals surface area contributed by atoms with E-state index in [1.165, 1.54) is 0 Å². The Labute approximate surface area is 108 Å². The van der Waals surface area contributed by atoms with Gasteiger partial charge in [-0.05, 0) is 31.9 Å². The number of hydrogen-bond donors (Lipinski definition) is 2. The van der Waals surface area contributed by atoms with E-state index in [4.69, 9.17) is 5.11 Å². The number of aliphatic hydroxyl groups is 1. The van der Waals surface area contributed by atoms with E-state index in [0.717, 1.165) is 12.2 Å². The lowest BCUT2D eigenvalue weighted by Crippen LogP contribution is -2.32. The topological polar surface area (TPSA) is 65.5 Å². The van der Waals surface area contributed by atoms with Gasteiger partial charge in [-0.2, -0.15) is 0 Å². The number of carbonyl (C=O) groups excluding carboxylic acids is 1. The summed E-state index contributed by atoms with van der Waals surface area (Å²) in [6.07, 6.45) is 3.09. The Balaban J connectivity index is 2.63. The first-order valence-electron chi connectivity index (χ1n) is 6.09. The molecule has 0 spiro atoms. The summed E-state index contributed by atoms with van der Waals surface area (Å²) in [5.41, 5.74) is 0.601. The molecule has 0 aliphatic rings. The molecule has 5 heteroatoms. The number of amides is 1. The molecule has 5 nitrogen and oxygen atoms in total. The fourth-order valence-electron chi connectivity index (χ4n) is 1.58. The second kappa shape index (κ2) is 6.96. The van der Waals surface area contributed by atoms with Crippen molar-refractivity contribution < 1.29 is 9.90 Å². The van der Waals surface area contributed by atoms with Crippen LogP contribution in [-0.4, -0.2) is 42.7 Å². The number of nitrogens with one attached hydrogen (secondary N) is 1. The third-order valence-electron chi connectivity index (χ3n) is 2.64. The molecule has 2 N–H and O–H groups in total. The monoisotopic (exact) mass is 251 g/mol. The van der Waals surface area contributed by atoms with Gasteiger partial charge in [0.15, 0.2) is 0 Å². The van der Waals surface area contributed by atoms with Gasteiger partial charge in [-0.25, -0.2) is 4.98 Å². The number of rotatable bonds is 6. The lowest BCUT2D eigenvalue weighted by atomic mass is 10.1. The van der Waals surface area contributed by atoms with Crippen molar-refractivity contribution in [1.29, 1.82) is 0 Å². The van der Waals surface area contributed by atoms with E-state index >= 15 is 0 Å². The van der Waals surface area contributed by atoms with Crippen molar-refractivity contribution in [2.75, 3.05) is 25.6 Å². The molecule has 1 amide bonds. The average Bonchev–Trinajstić information content (AvgIpc) is 2.36. The third-order valence-corrected chi connectivity index (χ3v) is 2.64. The maximum Gasteiger partial charge on any atom is 0.251 e. The summed E-state index contributed by atoms with van der Waals surface area (Å²) >= 11 is 0. The molecule has 0 bridgehead atoms. The Morgan fingerprint density at radius 3 is 2.89 bits per heavy atom. The van der Waals surface area contributed by atoms with Crippen molar-refractivity contribution in [2.24, 2.45) is 0 Å². The van der Waals surface area contributed by atoms with Gasteiger partial charge in [-0.1, -0.05) is 0 Å². The minimum absolute atomic E-state index is 0.0561. The van der Waals surface area contributed by atoms with Crippen LogP contribution in [0.3, 0.4) is 0 Å². The zero-order chi connectivity index (χ0) is 13.5. The minimum Gasteiger partial charge on any atom is -0.396 e. The van der Waals surface area contributed by atoms with E-state index in [9.17, 15) is 4.79 Å². The van der Waals surface area contributed by atoms with Crippen molar-refractivity contribution in [3.63, 3.8) is 0 Å². The van der Waals surface area contributed by atoms with Gasteiger partial charge in [0.2, 0.25) is 0 Å². The Morgan fingerprint density at radius 2 is 2.28 bits per heavy atom. The first-order valence-corrected chi connectivity index (χ1v) is 6.09. The second-order valence-corrected chi connectivity index (χ2v) is 4.54. The largest absolute Gasteiger partial charge is 0.396 e. The van der Waals surface area contributed by atoms with E-state index < -0.39 is 0 Å². The summed E-state index contributed by atoms with van der Waals surface area (Å²) < 4.78 is 0. The van der Waals surface area contributed by atoms with Crippen LogP contribution in [0.1, 0.15) is 30.1 Å². The van der Waals surface area contributed by atoms with Gasteiger partial charge in [0, 0.05) is 38.5 Å². The number of hydrogen-bond acceptors (Lipinski definition) is 4. The number of pyridine rings is 1. The molecule has 0 radical (unpaired) electrons. The molecule has 100 valence electrons. The van der Waals surface area contributed by atoms with Crippen LogP contribution in [-0.2, 0) is 0 Å². The Bertz CT molecular complexity index is 394. The van der Waals surface area contributed by atoms with Gasteiger partial charge in [0.05, 0.1) is 0 Å². The second-order valence-electron chi connectivity index (χ2n) is 4.54.